The molecular formula is C10H17NO4. The summed E-state index contributed by atoms with van der Waals surface area (Å²) in [4.78, 5) is 13.4. The molecule has 0 radical (unpaired) electrons. The highest BCUT2D eigenvalue weighted by Gasteiger charge is 2.20. The Bertz CT molecular complexity index is 240. The van der Waals surface area contributed by atoms with Crippen molar-refractivity contribution in [2.24, 2.45) is 0 Å². The predicted molar refractivity (Wildman–Crippen MR) is 53.9 cm³/mol. The van der Waals surface area contributed by atoms with Crippen molar-refractivity contribution in [2.75, 3.05) is 32.9 Å². The molecule has 1 amide bonds. The molecule has 0 fully saturated rings. The quantitative estimate of drug-likeness (QED) is 0.707. The standard InChI is InChI=1S/C10H17NO4/c1-2-11(4-3-5-12)10(13)9-8-14-6-7-15-9/h8,12H,2-7H2,1H3. The Kier molecular flexibility index (Phi) is 4.97. The Morgan fingerprint density at radius 1 is 1.60 bits per heavy atom. The molecule has 1 heterocycles. The van der Waals surface area contributed by atoms with Crippen molar-refractivity contribution in [3.63, 3.8) is 0 Å². The smallest absolute Gasteiger partial charge is 0.292 e. The Labute approximate surface area is 89.3 Å². The number of nitrogens with zero attached hydrogens (tertiary/aromatic N) is 1. The zero-order chi connectivity index (χ0) is 11.1. The lowest BCUT2D eigenvalue weighted by Gasteiger charge is -2.23. The van der Waals surface area contributed by atoms with Gasteiger partial charge in [-0.15, -0.1) is 0 Å². The number of aliphatic hydroxyl groups excluding tert-OH is 1. The van der Waals surface area contributed by atoms with Gasteiger partial charge in [0.05, 0.1) is 0 Å². The molecule has 1 aliphatic rings. The lowest BCUT2D eigenvalue weighted by molar-refractivity contribution is -0.132. The van der Waals surface area contributed by atoms with Crippen molar-refractivity contribution >= 4 is 5.91 Å². The molecule has 0 spiro atoms. The first kappa shape index (κ1) is 11.8. The highest BCUT2D eigenvalue weighted by Crippen LogP contribution is 2.08. The third kappa shape index (κ3) is 3.43. The third-order valence-electron chi connectivity index (χ3n) is 2.11. The minimum absolute atomic E-state index is 0.0835. The molecule has 0 atom stereocenters. The topological polar surface area (TPSA) is 59.0 Å². The maximum absolute atomic E-state index is 11.8. The molecule has 0 saturated heterocycles. The fraction of sp³-hybridized carbons (Fsp3) is 0.700. The number of rotatable bonds is 5. The minimum atomic E-state index is -0.175. The first-order chi connectivity index (χ1) is 7.29. The normalized spacial score (nSPS) is 14.9. The van der Waals surface area contributed by atoms with Gasteiger partial charge >= 0.3 is 0 Å². The van der Waals surface area contributed by atoms with Crippen molar-refractivity contribution in [3.05, 3.63) is 12.0 Å². The van der Waals surface area contributed by atoms with Gasteiger partial charge in [-0.05, 0) is 13.3 Å². The molecule has 0 unspecified atom stereocenters. The monoisotopic (exact) mass is 215 g/mol. The molecule has 86 valence electrons. The molecule has 5 nitrogen and oxygen atoms in total. The van der Waals surface area contributed by atoms with E-state index in [1.807, 2.05) is 6.92 Å². The van der Waals surface area contributed by atoms with Crippen LogP contribution in [0.15, 0.2) is 12.0 Å². The summed E-state index contributed by atoms with van der Waals surface area (Å²) in [5.74, 6) is 0.0756. The van der Waals surface area contributed by atoms with E-state index in [4.69, 9.17) is 14.6 Å². The van der Waals surface area contributed by atoms with Gasteiger partial charge in [0.1, 0.15) is 19.5 Å². The van der Waals surface area contributed by atoms with Gasteiger partial charge in [0, 0.05) is 19.7 Å². The molecular weight excluding hydrogens is 198 g/mol. The number of carbonyl (C=O) groups excluding carboxylic acids is 1. The van der Waals surface area contributed by atoms with E-state index in [1.54, 1.807) is 4.90 Å². The van der Waals surface area contributed by atoms with Crippen LogP contribution in [-0.4, -0.2) is 48.8 Å². The molecule has 0 aromatic heterocycles. The average molecular weight is 215 g/mol. The molecule has 1 aliphatic heterocycles. The summed E-state index contributed by atoms with van der Waals surface area (Å²) >= 11 is 0. The van der Waals surface area contributed by atoms with Crippen LogP contribution < -0.4 is 0 Å². The maximum atomic E-state index is 11.8. The third-order valence-corrected chi connectivity index (χ3v) is 2.11. The van der Waals surface area contributed by atoms with Crippen LogP contribution in [0.25, 0.3) is 0 Å². The number of hydrogen-bond donors (Lipinski definition) is 1. The molecule has 0 aliphatic carbocycles. The molecule has 1 N–H and O–H groups in total. The molecule has 0 bridgehead atoms. The second-order valence-corrected chi connectivity index (χ2v) is 3.16. The summed E-state index contributed by atoms with van der Waals surface area (Å²) in [7, 11) is 0. The summed E-state index contributed by atoms with van der Waals surface area (Å²) in [6, 6.07) is 0. The first-order valence-electron chi connectivity index (χ1n) is 5.14. The summed E-state index contributed by atoms with van der Waals surface area (Å²) in [5.41, 5.74) is 0. The number of ether oxygens (including phenoxy) is 2. The Morgan fingerprint density at radius 3 is 2.93 bits per heavy atom. The molecule has 0 saturated carbocycles. The van der Waals surface area contributed by atoms with E-state index in [1.165, 1.54) is 6.26 Å². The summed E-state index contributed by atoms with van der Waals surface area (Å²) in [6.07, 6.45) is 1.93. The molecule has 0 aromatic carbocycles. The second kappa shape index (κ2) is 6.29. The van der Waals surface area contributed by atoms with Crippen LogP contribution >= 0.6 is 0 Å². The average Bonchev–Trinajstić information content (AvgIpc) is 2.31. The number of hydrogen-bond acceptors (Lipinski definition) is 4. The largest absolute Gasteiger partial charge is 0.494 e. The first-order valence-corrected chi connectivity index (χ1v) is 5.14. The highest BCUT2D eigenvalue weighted by atomic mass is 16.6. The van der Waals surface area contributed by atoms with Crippen LogP contribution in [-0.2, 0) is 14.3 Å². The van der Waals surface area contributed by atoms with E-state index in [9.17, 15) is 4.79 Å². The van der Waals surface area contributed by atoms with E-state index < -0.39 is 0 Å². The summed E-state index contributed by atoms with van der Waals surface area (Å²) in [6.45, 7) is 4.00. The van der Waals surface area contributed by atoms with Crippen molar-refractivity contribution in [1.82, 2.24) is 4.90 Å². The van der Waals surface area contributed by atoms with Gasteiger partial charge in [-0.2, -0.15) is 0 Å². The number of amides is 1. The Morgan fingerprint density at radius 2 is 2.40 bits per heavy atom. The lowest BCUT2D eigenvalue weighted by Crippen LogP contribution is -2.35. The SMILES string of the molecule is CCN(CCCO)C(=O)C1=COCCO1. The van der Waals surface area contributed by atoms with Gasteiger partial charge in [-0.3, -0.25) is 4.79 Å². The van der Waals surface area contributed by atoms with Crippen LogP contribution in [0.2, 0.25) is 0 Å². The van der Waals surface area contributed by atoms with E-state index in [0.29, 0.717) is 32.7 Å². The van der Waals surface area contributed by atoms with E-state index in [2.05, 4.69) is 0 Å². The van der Waals surface area contributed by atoms with Crippen molar-refractivity contribution < 1.29 is 19.4 Å². The predicted octanol–water partition coefficient (Wildman–Crippen LogP) is 0.105. The zero-order valence-electron chi connectivity index (χ0n) is 8.94. The molecule has 1 rings (SSSR count). The van der Waals surface area contributed by atoms with Gasteiger partial charge < -0.3 is 19.5 Å². The lowest BCUT2D eigenvalue weighted by atomic mass is 10.3. The highest BCUT2D eigenvalue weighted by molar-refractivity contribution is 5.91. The number of aliphatic hydroxyl groups is 1. The molecule has 5 heteroatoms. The zero-order valence-corrected chi connectivity index (χ0v) is 8.94. The van der Waals surface area contributed by atoms with Crippen LogP contribution in [0, 0.1) is 0 Å². The van der Waals surface area contributed by atoms with Crippen LogP contribution in [0.5, 0.6) is 0 Å². The van der Waals surface area contributed by atoms with E-state index in [0.717, 1.165) is 0 Å². The summed E-state index contributed by atoms with van der Waals surface area (Å²) < 4.78 is 10.2. The van der Waals surface area contributed by atoms with Crippen molar-refractivity contribution in [1.29, 1.82) is 0 Å². The van der Waals surface area contributed by atoms with Gasteiger partial charge in [-0.1, -0.05) is 0 Å². The second-order valence-electron chi connectivity index (χ2n) is 3.16. The van der Waals surface area contributed by atoms with Gasteiger partial charge in [0.25, 0.3) is 5.91 Å². The van der Waals surface area contributed by atoms with Gasteiger partial charge in [0.2, 0.25) is 5.76 Å². The fourth-order valence-electron chi connectivity index (χ4n) is 1.30. The Hall–Kier alpha value is -1.23. The number of carbonyl (C=O) groups is 1. The van der Waals surface area contributed by atoms with Crippen LogP contribution in [0.1, 0.15) is 13.3 Å². The minimum Gasteiger partial charge on any atom is -0.494 e. The maximum Gasteiger partial charge on any atom is 0.292 e. The van der Waals surface area contributed by atoms with Gasteiger partial charge in [-0.25, -0.2) is 0 Å². The molecule has 15 heavy (non-hydrogen) atoms. The van der Waals surface area contributed by atoms with Gasteiger partial charge in [0.15, 0.2) is 0 Å². The Balaban J connectivity index is 2.51. The van der Waals surface area contributed by atoms with E-state index >= 15 is 0 Å². The van der Waals surface area contributed by atoms with Crippen molar-refractivity contribution in [3.8, 4) is 0 Å². The van der Waals surface area contributed by atoms with Crippen LogP contribution in [0.3, 0.4) is 0 Å². The van der Waals surface area contributed by atoms with Crippen molar-refractivity contribution in [2.45, 2.75) is 13.3 Å². The fourth-order valence-corrected chi connectivity index (χ4v) is 1.30. The molecule has 0 aromatic rings. The summed E-state index contributed by atoms with van der Waals surface area (Å²) in [5, 5.41) is 8.69. The number of likely N-dealkylation sites (N-methyl/N-ethyl adjacent to an activating group) is 1. The van der Waals surface area contributed by atoms with Crippen LogP contribution in [0.4, 0.5) is 0 Å². The van der Waals surface area contributed by atoms with E-state index in [-0.39, 0.29) is 18.3 Å².